The molecule has 1 N–H and O–H groups in total. The van der Waals surface area contributed by atoms with Gasteiger partial charge in [-0.15, -0.1) is 0 Å². The lowest BCUT2D eigenvalue weighted by Crippen LogP contribution is -2.46. The topological polar surface area (TPSA) is 59.0 Å². The molecule has 0 amide bonds. The zero-order valence-corrected chi connectivity index (χ0v) is 9.65. The van der Waals surface area contributed by atoms with Crippen molar-refractivity contribution in [2.75, 3.05) is 40.0 Å². The van der Waals surface area contributed by atoms with Crippen LogP contribution in [0.5, 0.6) is 0 Å². The quantitative estimate of drug-likeness (QED) is 0.746. The first-order valence-corrected chi connectivity index (χ1v) is 5.73. The molecule has 0 radical (unpaired) electrons. The van der Waals surface area contributed by atoms with Crippen molar-refractivity contribution >= 4 is 5.97 Å². The number of ether oxygens (including phenoxy) is 2. The van der Waals surface area contributed by atoms with E-state index < -0.39 is 11.4 Å². The maximum Gasteiger partial charge on any atom is 0.313 e. The lowest BCUT2D eigenvalue weighted by Gasteiger charge is -2.31. The summed E-state index contributed by atoms with van der Waals surface area (Å²) in [5, 5.41) is 9.32. The number of carboxylic acids is 1. The highest BCUT2D eigenvalue weighted by Crippen LogP contribution is 2.31. The molecule has 5 nitrogen and oxygen atoms in total. The summed E-state index contributed by atoms with van der Waals surface area (Å²) >= 11 is 0. The monoisotopic (exact) mass is 229 g/mol. The molecule has 0 spiro atoms. The van der Waals surface area contributed by atoms with Crippen molar-refractivity contribution < 1.29 is 19.4 Å². The third kappa shape index (κ3) is 2.21. The van der Waals surface area contributed by atoms with Gasteiger partial charge in [0.15, 0.2) is 0 Å². The Labute approximate surface area is 95.3 Å². The van der Waals surface area contributed by atoms with Crippen molar-refractivity contribution in [3.8, 4) is 0 Å². The lowest BCUT2D eigenvalue weighted by molar-refractivity contribution is -0.150. The zero-order valence-electron chi connectivity index (χ0n) is 9.65. The van der Waals surface area contributed by atoms with Gasteiger partial charge in [0.25, 0.3) is 0 Å². The maximum absolute atomic E-state index is 11.3. The van der Waals surface area contributed by atoms with Gasteiger partial charge in [-0.25, -0.2) is 0 Å². The van der Waals surface area contributed by atoms with E-state index in [-0.39, 0.29) is 0 Å². The van der Waals surface area contributed by atoms with E-state index in [1.54, 1.807) is 0 Å². The summed E-state index contributed by atoms with van der Waals surface area (Å²) in [6.45, 7) is 2.94. The molecule has 2 aliphatic rings. The fourth-order valence-corrected chi connectivity index (χ4v) is 2.44. The van der Waals surface area contributed by atoms with E-state index >= 15 is 0 Å². The van der Waals surface area contributed by atoms with Gasteiger partial charge in [-0.05, 0) is 19.9 Å². The fraction of sp³-hybridized carbons (Fsp3) is 0.909. The highest BCUT2D eigenvalue weighted by molar-refractivity contribution is 5.75. The summed E-state index contributed by atoms with van der Waals surface area (Å²) in [5.74, 6) is -0.740. The molecule has 0 saturated carbocycles. The molecule has 2 heterocycles. The standard InChI is InChI=1S/C11H19NO4/c1-12(9-2-4-15-6-9)7-11(10(13)14)3-5-16-8-11/h9H,2-8H2,1H3,(H,13,14). The first kappa shape index (κ1) is 11.8. The van der Waals surface area contributed by atoms with E-state index in [9.17, 15) is 9.90 Å². The van der Waals surface area contributed by atoms with Crippen LogP contribution in [0.1, 0.15) is 12.8 Å². The smallest absolute Gasteiger partial charge is 0.313 e. The van der Waals surface area contributed by atoms with Crippen molar-refractivity contribution in [2.45, 2.75) is 18.9 Å². The van der Waals surface area contributed by atoms with Crippen LogP contribution in [-0.4, -0.2) is 62.0 Å². The van der Waals surface area contributed by atoms with Crippen LogP contribution in [0.2, 0.25) is 0 Å². The SMILES string of the molecule is CN(CC1(C(=O)O)CCOC1)C1CCOC1. The number of hydrogen-bond acceptors (Lipinski definition) is 4. The minimum atomic E-state index is -0.740. The van der Waals surface area contributed by atoms with Crippen LogP contribution in [0.3, 0.4) is 0 Å². The van der Waals surface area contributed by atoms with Crippen molar-refractivity contribution in [3.05, 3.63) is 0 Å². The van der Waals surface area contributed by atoms with Gasteiger partial charge in [-0.2, -0.15) is 0 Å². The largest absolute Gasteiger partial charge is 0.481 e. The Morgan fingerprint density at radius 2 is 2.31 bits per heavy atom. The Morgan fingerprint density at radius 3 is 2.81 bits per heavy atom. The van der Waals surface area contributed by atoms with E-state index in [0.29, 0.717) is 38.8 Å². The molecular formula is C11H19NO4. The lowest BCUT2D eigenvalue weighted by atomic mass is 9.86. The van der Waals surface area contributed by atoms with Gasteiger partial charge < -0.3 is 14.6 Å². The Hall–Kier alpha value is -0.650. The van der Waals surface area contributed by atoms with E-state index in [1.807, 2.05) is 7.05 Å². The van der Waals surface area contributed by atoms with Gasteiger partial charge in [0.05, 0.1) is 13.2 Å². The van der Waals surface area contributed by atoms with Gasteiger partial charge in [-0.1, -0.05) is 0 Å². The second-order valence-corrected chi connectivity index (χ2v) is 4.82. The minimum Gasteiger partial charge on any atom is -0.481 e. The molecule has 0 aromatic rings. The second-order valence-electron chi connectivity index (χ2n) is 4.82. The van der Waals surface area contributed by atoms with Gasteiger partial charge in [-0.3, -0.25) is 9.69 Å². The van der Waals surface area contributed by atoms with Crippen molar-refractivity contribution in [1.29, 1.82) is 0 Å². The molecule has 2 saturated heterocycles. The van der Waals surface area contributed by atoms with Gasteiger partial charge in [0, 0.05) is 25.8 Å². The number of carbonyl (C=O) groups is 1. The van der Waals surface area contributed by atoms with Gasteiger partial charge in [0.1, 0.15) is 5.41 Å². The summed E-state index contributed by atoms with van der Waals surface area (Å²) in [6.07, 6.45) is 1.60. The van der Waals surface area contributed by atoms with Crippen LogP contribution in [0, 0.1) is 5.41 Å². The molecule has 92 valence electrons. The van der Waals surface area contributed by atoms with Crippen molar-refractivity contribution in [3.63, 3.8) is 0 Å². The summed E-state index contributed by atoms with van der Waals surface area (Å²) in [7, 11) is 1.97. The van der Waals surface area contributed by atoms with Crippen LogP contribution < -0.4 is 0 Å². The van der Waals surface area contributed by atoms with Crippen LogP contribution in [-0.2, 0) is 14.3 Å². The minimum absolute atomic E-state index is 0.334. The highest BCUT2D eigenvalue weighted by atomic mass is 16.5. The number of rotatable bonds is 4. The van der Waals surface area contributed by atoms with Gasteiger partial charge >= 0.3 is 5.97 Å². The molecular weight excluding hydrogens is 210 g/mol. The Kier molecular flexibility index (Phi) is 3.47. The average molecular weight is 229 g/mol. The zero-order chi connectivity index (χ0) is 11.6. The van der Waals surface area contributed by atoms with E-state index in [1.165, 1.54) is 0 Å². The summed E-state index contributed by atoms with van der Waals surface area (Å²) in [5.41, 5.74) is -0.711. The normalized spacial score (nSPS) is 34.8. The number of nitrogens with zero attached hydrogens (tertiary/aromatic N) is 1. The third-order valence-electron chi connectivity index (χ3n) is 3.64. The average Bonchev–Trinajstić information content (AvgIpc) is 2.88. The Bertz CT molecular complexity index is 257. The highest BCUT2D eigenvalue weighted by Gasteiger charge is 2.44. The summed E-state index contributed by atoms with van der Waals surface area (Å²) < 4.78 is 10.6. The molecule has 2 fully saturated rings. The molecule has 0 aromatic carbocycles. The number of aliphatic carboxylic acids is 1. The predicted molar refractivity (Wildman–Crippen MR) is 57.4 cm³/mol. The molecule has 0 bridgehead atoms. The number of carboxylic acid groups (broad SMARTS) is 1. The molecule has 2 atom stereocenters. The Morgan fingerprint density at radius 1 is 1.50 bits per heavy atom. The van der Waals surface area contributed by atoms with E-state index in [0.717, 1.165) is 13.0 Å². The van der Waals surface area contributed by atoms with Crippen LogP contribution in [0.4, 0.5) is 0 Å². The first-order valence-electron chi connectivity index (χ1n) is 5.73. The fourth-order valence-electron chi connectivity index (χ4n) is 2.44. The third-order valence-corrected chi connectivity index (χ3v) is 3.64. The molecule has 16 heavy (non-hydrogen) atoms. The second kappa shape index (κ2) is 4.69. The van der Waals surface area contributed by atoms with Crippen LogP contribution in [0.15, 0.2) is 0 Å². The van der Waals surface area contributed by atoms with Gasteiger partial charge in [0.2, 0.25) is 0 Å². The van der Waals surface area contributed by atoms with Crippen LogP contribution in [0.25, 0.3) is 0 Å². The van der Waals surface area contributed by atoms with E-state index in [2.05, 4.69) is 4.90 Å². The van der Waals surface area contributed by atoms with Crippen molar-refractivity contribution in [2.24, 2.45) is 5.41 Å². The maximum atomic E-state index is 11.3. The van der Waals surface area contributed by atoms with E-state index in [4.69, 9.17) is 9.47 Å². The molecule has 2 rings (SSSR count). The number of likely N-dealkylation sites (N-methyl/N-ethyl adjacent to an activating group) is 1. The summed E-state index contributed by atoms with van der Waals surface area (Å²) in [6, 6.07) is 0.358. The molecule has 2 unspecified atom stereocenters. The molecule has 5 heteroatoms. The molecule has 0 aliphatic carbocycles. The number of hydrogen-bond donors (Lipinski definition) is 1. The summed E-state index contributed by atoms with van der Waals surface area (Å²) in [4.78, 5) is 13.4. The molecule has 2 aliphatic heterocycles. The van der Waals surface area contributed by atoms with Crippen LogP contribution >= 0.6 is 0 Å². The Balaban J connectivity index is 1.97. The van der Waals surface area contributed by atoms with Crippen molar-refractivity contribution in [1.82, 2.24) is 4.90 Å². The predicted octanol–water partition coefficient (Wildman–Crippen LogP) is 0.198. The first-order chi connectivity index (χ1) is 7.64. The molecule has 0 aromatic heterocycles.